The van der Waals surface area contributed by atoms with Gasteiger partial charge in [-0.05, 0) is 36.8 Å². The van der Waals surface area contributed by atoms with Gasteiger partial charge < -0.3 is 5.32 Å². The van der Waals surface area contributed by atoms with E-state index in [-0.39, 0.29) is 0 Å². The van der Waals surface area contributed by atoms with Crippen LogP contribution in [0.3, 0.4) is 0 Å². The third-order valence-corrected chi connectivity index (χ3v) is 3.84. The highest BCUT2D eigenvalue weighted by atomic mass is 15.2. The molecule has 0 spiro atoms. The highest BCUT2D eigenvalue weighted by Gasteiger charge is 2.13. The number of hydrogen-bond acceptors (Lipinski definition) is 3. The Bertz CT molecular complexity index is 383. The lowest BCUT2D eigenvalue weighted by atomic mass is 9.95. The van der Waals surface area contributed by atoms with E-state index in [0.29, 0.717) is 0 Å². The van der Waals surface area contributed by atoms with E-state index in [0.717, 1.165) is 32.7 Å². The minimum Gasteiger partial charge on any atom is -0.314 e. The van der Waals surface area contributed by atoms with Crippen molar-refractivity contribution in [3.8, 4) is 0 Å². The summed E-state index contributed by atoms with van der Waals surface area (Å²) in [6, 6.07) is 2.39. The zero-order chi connectivity index (χ0) is 11.5. The minimum absolute atomic E-state index is 1.07. The number of fused-ring (bicyclic) bond motifs is 1. The van der Waals surface area contributed by atoms with Gasteiger partial charge in [-0.2, -0.15) is 0 Å². The van der Waals surface area contributed by atoms with Gasteiger partial charge in [-0.25, -0.2) is 0 Å². The zero-order valence-electron chi connectivity index (χ0n) is 10.4. The van der Waals surface area contributed by atoms with Crippen LogP contribution in [-0.2, 0) is 19.4 Å². The largest absolute Gasteiger partial charge is 0.314 e. The molecule has 0 unspecified atom stereocenters. The van der Waals surface area contributed by atoms with E-state index in [1.165, 1.54) is 42.5 Å². The van der Waals surface area contributed by atoms with Crippen molar-refractivity contribution in [3.63, 3.8) is 0 Å². The quantitative estimate of drug-likeness (QED) is 0.833. The highest BCUT2D eigenvalue weighted by molar-refractivity contribution is 5.27. The number of piperazine rings is 1. The Morgan fingerprint density at radius 3 is 2.88 bits per heavy atom. The summed E-state index contributed by atoms with van der Waals surface area (Å²) in [4.78, 5) is 7.16. The molecule has 92 valence electrons. The SMILES string of the molecule is c1nc2c(cc1CN1CCNCC1)CCCC2. The molecule has 1 fully saturated rings. The molecule has 2 aliphatic rings. The average Bonchev–Trinajstić information content (AvgIpc) is 2.40. The minimum atomic E-state index is 1.07. The second kappa shape index (κ2) is 5.15. The van der Waals surface area contributed by atoms with Gasteiger partial charge in [-0.1, -0.05) is 6.07 Å². The summed E-state index contributed by atoms with van der Waals surface area (Å²) in [6.45, 7) is 5.65. The fraction of sp³-hybridized carbons (Fsp3) is 0.643. The molecule has 2 heterocycles. The van der Waals surface area contributed by atoms with Gasteiger partial charge >= 0.3 is 0 Å². The van der Waals surface area contributed by atoms with Crippen molar-refractivity contribution >= 4 is 0 Å². The molecule has 1 saturated heterocycles. The molecule has 0 bridgehead atoms. The molecular weight excluding hydrogens is 210 g/mol. The fourth-order valence-electron chi connectivity index (χ4n) is 2.85. The summed E-state index contributed by atoms with van der Waals surface area (Å²) in [7, 11) is 0. The van der Waals surface area contributed by atoms with Crippen molar-refractivity contribution in [3.05, 3.63) is 29.1 Å². The Morgan fingerprint density at radius 1 is 1.18 bits per heavy atom. The Labute approximate surface area is 103 Å². The molecule has 1 aromatic rings. The van der Waals surface area contributed by atoms with E-state index >= 15 is 0 Å². The number of nitrogens with zero attached hydrogens (tertiary/aromatic N) is 2. The molecule has 0 atom stereocenters. The first-order chi connectivity index (χ1) is 8.42. The number of rotatable bonds is 2. The Hall–Kier alpha value is -0.930. The van der Waals surface area contributed by atoms with Gasteiger partial charge in [0.25, 0.3) is 0 Å². The van der Waals surface area contributed by atoms with E-state index < -0.39 is 0 Å². The van der Waals surface area contributed by atoms with Gasteiger partial charge in [0.05, 0.1) is 0 Å². The van der Waals surface area contributed by atoms with Crippen LogP contribution < -0.4 is 5.32 Å². The van der Waals surface area contributed by atoms with Crippen LogP contribution in [0, 0.1) is 0 Å². The van der Waals surface area contributed by atoms with Gasteiger partial charge in [-0.15, -0.1) is 0 Å². The molecule has 17 heavy (non-hydrogen) atoms. The van der Waals surface area contributed by atoms with Gasteiger partial charge in [0.1, 0.15) is 0 Å². The Morgan fingerprint density at radius 2 is 2.00 bits per heavy atom. The number of aromatic nitrogens is 1. The monoisotopic (exact) mass is 231 g/mol. The molecule has 3 heteroatoms. The first-order valence-electron chi connectivity index (χ1n) is 6.81. The lowest BCUT2D eigenvalue weighted by molar-refractivity contribution is 0.233. The van der Waals surface area contributed by atoms with Crippen LogP contribution in [0.5, 0.6) is 0 Å². The normalized spacial score (nSPS) is 21.2. The van der Waals surface area contributed by atoms with Crippen LogP contribution >= 0.6 is 0 Å². The summed E-state index contributed by atoms with van der Waals surface area (Å²) >= 11 is 0. The van der Waals surface area contributed by atoms with Gasteiger partial charge in [0.15, 0.2) is 0 Å². The van der Waals surface area contributed by atoms with Gasteiger partial charge in [0, 0.05) is 44.6 Å². The number of nitrogens with one attached hydrogen (secondary N) is 1. The first-order valence-corrected chi connectivity index (χ1v) is 6.81. The maximum absolute atomic E-state index is 4.64. The standard InChI is InChI=1S/C14H21N3/c1-2-4-14-13(3-1)9-12(10-16-14)11-17-7-5-15-6-8-17/h9-10,15H,1-8,11H2. The van der Waals surface area contributed by atoms with Crippen LogP contribution in [0.4, 0.5) is 0 Å². The van der Waals surface area contributed by atoms with Crippen molar-refractivity contribution in [2.75, 3.05) is 26.2 Å². The predicted molar refractivity (Wildman–Crippen MR) is 69.0 cm³/mol. The third-order valence-electron chi connectivity index (χ3n) is 3.84. The Kier molecular flexibility index (Phi) is 3.39. The second-order valence-electron chi connectivity index (χ2n) is 5.18. The van der Waals surface area contributed by atoms with Crippen molar-refractivity contribution in [1.82, 2.24) is 15.2 Å². The van der Waals surface area contributed by atoms with Gasteiger partial charge in [0.2, 0.25) is 0 Å². The van der Waals surface area contributed by atoms with E-state index in [2.05, 4.69) is 27.5 Å². The first kappa shape index (κ1) is 11.2. The molecule has 0 saturated carbocycles. The van der Waals surface area contributed by atoms with E-state index in [9.17, 15) is 0 Å². The number of aryl methyl sites for hydroxylation is 2. The molecule has 1 aromatic heterocycles. The van der Waals surface area contributed by atoms with Crippen molar-refractivity contribution in [2.45, 2.75) is 32.2 Å². The lowest BCUT2D eigenvalue weighted by Gasteiger charge is -2.27. The molecule has 1 aliphatic carbocycles. The van der Waals surface area contributed by atoms with E-state index in [1.807, 2.05) is 0 Å². The van der Waals surface area contributed by atoms with Crippen molar-refractivity contribution < 1.29 is 0 Å². The molecule has 3 rings (SSSR count). The predicted octanol–water partition coefficient (Wildman–Crippen LogP) is 1.37. The summed E-state index contributed by atoms with van der Waals surface area (Å²) in [5.41, 5.74) is 4.25. The molecule has 1 N–H and O–H groups in total. The number of pyridine rings is 1. The molecular formula is C14H21N3. The van der Waals surface area contributed by atoms with Crippen LogP contribution in [0.25, 0.3) is 0 Å². The molecule has 0 aromatic carbocycles. The van der Waals surface area contributed by atoms with Crippen LogP contribution in [0.1, 0.15) is 29.7 Å². The summed E-state index contributed by atoms with van der Waals surface area (Å²) in [5.74, 6) is 0. The summed E-state index contributed by atoms with van der Waals surface area (Å²) in [5, 5.41) is 3.39. The summed E-state index contributed by atoms with van der Waals surface area (Å²) < 4.78 is 0. The molecule has 3 nitrogen and oxygen atoms in total. The Balaban J connectivity index is 1.70. The lowest BCUT2D eigenvalue weighted by Crippen LogP contribution is -2.42. The van der Waals surface area contributed by atoms with Crippen LogP contribution in [-0.4, -0.2) is 36.1 Å². The van der Waals surface area contributed by atoms with Crippen molar-refractivity contribution in [2.24, 2.45) is 0 Å². The molecule has 0 radical (unpaired) electrons. The smallest absolute Gasteiger partial charge is 0.0435 e. The topological polar surface area (TPSA) is 28.2 Å². The summed E-state index contributed by atoms with van der Waals surface area (Å²) in [6.07, 6.45) is 7.16. The molecule has 0 amide bonds. The highest BCUT2D eigenvalue weighted by Crippen LogP contribution is 2.20. The van der Waals surface area contributed by atoms with Gasteiger partial charge in [-0.3, -0.25) is 9.88 Å². The maximum Gasteiger partial charge on any atom is 0.0435 e. The fourth-order valence-corrected chi connectivity index (χ4v) is 2.85. The zero-order valence-corrected chi connectivity index (χ0v) is 10.4. The van der Waals surface area contributed by atoms with E-state index in [1.54, 1.807) is 0 Å². The van der Waals surface area contributed by atoms with Crippen LogP contribution in [0.15, 0.2) is 12.3 Å². The number of hydrogen-bond donors (Lipinski definition) is 1. The third kappa shape index (κ3) is 2.67. The average molecular weight is 231 g/mol. The van der Waals surface area contributed by atoms with Crippen LogP contribution in [0.2, 0.25) is 0 Å². The van der Waals surface area contributed by atoms with E-state index in [4.69, 9.17) is 0 Å². The van der Waals surface area contributed by atoms with Crippen molar-refractivity contribution in [1.29, 1.82) is 0 Å². The second-order valence-corrected chi connectivity index (χ2v) is 5.18. The molecule has 1 aliphatic heterocycles. The maximum atomic E-state index is 4.64.